The zero-order chi connectivity index (χ0) is 26.6. The minimum Gasteiger partial charge on any atom is -0.504 e. The van der Waals surface area contributed by atoms with E-state index in [9.17, 15) is 15.0 Å². The zero-order valence-electron chi connectivity index (χ0n) is 23.4. The van der Waals surface area contributed by atoms with Crippen LogP contribution >= 0.6 is 11.6 Å². The summed E-state index contributed by atoms with van der Waals surface area (Å²) in [6, 6.07) is 0. The van der Waals surface area contributed by atoms with E-state index in [0.29, 0.717) is 0 Å². The van der Waals surface area contributed by atoms with Crippen molar-refractivity contribution >= 4 is 17.8 Å². The fraction of sp³-hybridized carbons (Fsp3) is 0.774. The predicted molar refractivity (Wildman–Crippen MR) is 153 cm³/mol. The van der Waals surface area contributed by atoms with Gasteiger partial charge in [-0.05, 0) is 49.7 Å². The van der Waals surface area contributed by atoms with Crippen LogP contribution in [0.1, 0.15) is 153 Å². The second-order valence-corrected chi connectivity index (χ2v) is 10.7. The van der Waals surface area contributed by atoms with Gasteiger partial charge in [-0.2, -0.15) is 0 Å². The fourth-order valence-corrected chi connectivity index (χ4v) is 5.43. The third-order valence-corrected chi connectivity index (χ3v) is 7.62. The van der Waals surface area contributed by atoms with Crippen molar-refractivity contribution in [1.29, 1.82) is 0 Å². The Labute approximate surface area is 226 Å². The van der Waals surface area contributed by atoms with Gasteiger partial charge in [0.15, 0.2) is 11.5 Å². The molecule has 0 heterocycles. The maximum atomic E-state index is 11.4. The molecule has 1 aromatic rings. The normalized spacial score (nSPS) is 11.2. The molecule has 0 aliphatic rings. The zero-order valence-corrected chi connectivity index (χ0v) is 24.2. The number of aromatic hydroxyl groups is 1. The molecule has 0 aliphatic carbocycles. The minimum absolute atomic E-state index is 0.0661. The summed E-state index contributed by atoms with van der Waals surface area (Å²) in [5, 5.41) is 20.7. The highest BCUT2D eigenvalue weighted by molar-refractivity contribution is 6.33. The van der Waals surface area contributed by atoms with Gasteiger partial charge in [-0.15, -0.1) is 0 Å². The number of halogens is 1. The maximum Gasteiger partial charge on any atom is 0.511 e. The first-order chi connectivity index (χ1) is 17.5. The number of phenolic OH excluding ortho intramolecular Hbond substituents is 1. The lowest BCUT2D eigenvalue weighted by molar-refractivity contribution is 0.142. The molecule has 0 saturated heterocycles. The summed E-state index contributed by atoms with van der Waals surface area (Å²) < 4.78 is 5.04. The average Bonchev–Trinajstić information content (AvgIpc) is 2.85. The van der Waals surface area contributed by atoms with E-state index in [1.165, 1.54) is 83.5 Å². The lowest BCUT2D eigenvalue weighted by Gasteiger charge is -2.21. The van der Waals surface area contributed by atoms with E-state index in [-0.39, 0.29) is 16.5 Å². The van der Waals surface area contributed by atoms with Crippen molar-refractivity contribution in [2.45, 2.75) is 156 Å². The Morgan fingerprint density at radius 3 is 1.39 bits per heavy atom. The van der Waals surface area contributed by atoms with Crippen molar-refractivity contribution in [3.63, 3.8) is 0 Å². The molecule has 1 rings (SSSR count). The Morgan fingerprint density at radius 1 is 0.611 bits per heavy atom. The van der Waals surface area contributed by atoms with E-state index >= 15 is 0 Å². The molecular formula is C31H53ClO4. The molecule has 0 aliphatic heterocycles. The van der Waals surface area contributed by atoms with Crippen LogP contribution in [0.3, 0.4) is 0 Å². The number of hydrogen-bond donors (Lipinski definition) is 2. The number of rotatable bonds is 22. The van der Waals surface area contributed by atoms with Crippen LogP contribution in [0.2, 0.25) is 5.02 Å². The molecular weight excluding hydrogens is 472 g/mol. The number of carboxylic acid groups (broad SMARTS) is 1. The second-order valence-electron chi connectivity index (χ2n) is 10.3. The van der Waals surface area contributed by atoms with Crippen molar-refractivity contribution in [2.24, 2.45) is 0 Å². The SMILES string of the molecule is CCCCCCCCc1c(O)c(OC(=O)O)c(Cl)c(CCCCCCCC)c1CCCCCCCC. The lowest BCUT2D eigenvalue weighted by Crippen LogP contribution is -2.10. The Balaban J connectivity index is 3.13. The van der Waals surface area contributed by atoms with Crippen LogP contribution in [0.15, 0.2) is 0 Å². The molecule has 2 N–H and O–H groups in total. The van der Waals surface area contributed by atoms with E-state index in [2.05, 4.69) is 20.8 Å². The Hall–Kier alpha value is -1.42. The summed E-state index contributed by atoms with van der Waals surface area (Å²) in [5.74, 6) is -0.138. The third kappa shape index (κ3) is 12.7. The first-order valence-electron chi connectivity index (χ1n) is 14.9. The van der Waals surface area contributed by atoms with Crippen LogP contribution in [0.5, 0.6) is 11.5 Å². The van der Waals surface area contributed by atoms with Gasteiger partial charge in [0.05, 0.1) is 5.02 Å². The van der Waals surface area contributed by atoms with Crippen LogP contribution in [0.25, 0.3) is 0 Å². The van der Waals surface area contributed by atoms with Crippen molar-refractivity contribution in [2.75, 3.05) is 0 Å². The topological polar surface area (TPSA) is 66.8 Å². The van der Waals surface area contributed by atoms with E-state index in [0.717, 1.165) is 68.1 Å². The van der Waals surface area contributed by atoms with Gasteiger partial charge in [0.1, 0.15) is 0 Å². The highest BCUT2D eigenvalue weighted by Crippen LogP contribution is 2.45. The van der Waals surface area contributed by atoms with E-state index in [1.807, 2.05) is 0 Å². The van der Waals surface area contributed by atoms with Crippen molar-refractivity contribution in [1.82, 2.24) is 0 Å². The summed E-state index contributed by atoms with van der Waals surface area (Å²) in [6.07, 6.45) is 22.3. The monoisotopic (exact) mass is 524 g/mol. The highest BCUT2D eigenvalue weighted by atomic mass is 35.5. The number of benzene rings is 1. The van der Waals surface area contributed by atoms with Crippen LogP contribution in [-0.4, -0.2) is 16.4 Å². The quantitative estimate of drug-likeness (QED) is 0.0898. The van der Waals surface area contributed by atoms with E-state index < -0.39 is 6.16 Å². The molecule has 4 nitrogen and oxygen atoms in total. The predicted octanol–water partition coefficient (Wildman–Crippen LogP) is 10.8. The molecule has 0 saturated carbocycles. The summed E-state index contributed by atoms with van der Waals surface area (Å²) in [6.45, 7) is 6.67. The Bertz CT molecular complexity index is 689. The molecule has 36 heavy (non-hydrogen) atoms. The minimum atomic E-state index is -1.44. The number of phenols is 1. The molecule has 208 valence electrons. The number of ether oxygens (including phenoxy) is 1. The largest absolute Gasteiger partial charge is 0.511 e. The van der Waals surface area contributed by atoms with Gasteiger partial charge >= 0.3 is 6.16 Å². The number of unbranched alkanes of at least 4 members (excludes halogenated alkanes) is 15. The first-order valence-corrected chi connectivity index (χ1v) is 15.3. The highest BCUT2D eigenvalue weighted by Gasteiger charge is 2.25. The van der Waals surface area contributed by atoms with Crippen LogP contribution in [0, 0.1) is 0 Å². The van der Waals surface area contributed by atoms with Crippen molar-refractivity contribution in [3.8, 4) is 11.5 Å². The van der Waals surface area contributed by atoms with Crippen LogP contribution < -0.4 is 4.74 Å². The average molecular weight is 525 g/mol. The molecule has 5 heteroatoms. The van der Waals surface area contributed by atoms with Gasteiger partial charge in [-0.25, -0.2) is 4.79 Å². The summed E-state index contributed by atoms with van der Waals surface area (Å²) >= 11 is 6.75. The van der Waals surface area contributed by atoms with Gasteiger partial charge < -0.3 is 14.9 Å². The first kappa shape index (κ1) is 32.6. The van der Waals surface area contributed by atoms with Crippen molar-refractivity contribution < 1.29 is 19.7 Å². The van der Waals surface area contributed by atoms with Gasteiger partial charge in [0.25, 0.3) is 0 Å². The Morgan fingerprint density at radius 2 is 0.972 bits per heavy atom. The molecule has 0 radical (unpaired) electrons. The molecule has 0 fully saturated rings. The summed E-state index contributed by atoms with van der Waals surface area (Å²) in [7, 11) is 0. The third-order valence-electron chi connectivity index (χ3n) is 7.22. The number of hydrogen-bond acceptors (Lipinski definition) is 3. The van der Waals surface area contributed by atoms with Gasteiger partial charge in [0.2, 0.25) is 0 Å². The molecule has 1 aromatic carbocycles. The van der Waals surface area contributed by atoms with Gasteiger partial charge in [-0.3, -0.25) is 0 Å². The molecule has 0 spiro atoms. The van der Waals surface area contributed by atoms with Crippen LogP contribution in [0.4, 0.5) is 4.79 Å². The molecule has 0 aromatic heterocycles. The smallest absolute Gasteiger partial charge is 0.504 e. The summed E-state index contributed by atoms with van der Waals surface area (Å²) in [5.41, 5.74) is 3.00. The lowest BCUT2D eigenvalue weighted by atomic mass is 9.88. The maximum absolute atomic E-state index is 11.4. The van der Waals surface area contributed by atoms with E-state index in [4.69, 9.17) is 16.3 Å². The van der Waals surface area contributed by atoms with Crippen molar-refractivity contribution in [3.05, 3.63) is 21.7 Å². The second kappa shape index (κ2) is 20.6. The number of carbonyl (C=O) groups is 1. The molecule has 0 unspecified atom stereocenters. The van der Waals surface area contributed by atoms with Gasteiger partial charge in [0, 0.05) is 5.56 Å². The van der Waals surface area contributed by atoms with E-state index in [1.54, 1.807) is 0 Å². The van der Waals surface area contributed by atoms with Crippen LogP contribution in [-0.2, 0) is 19.3 Å². The molecule has 0 amide bonds. The molecule has 0 bridgehead atoms. The van der Waals surface area contributed by atoms with Gasteiger partial charge in [-0.1, -0.05) is 129 Å². The summed E-state index contributed by atoms with van der Waals surface area (Å²) in [4.78, 5) is 11.4. The standard InChI is InChI=1S/C31H53ClO4/c1-4-7-10-13-16-19-22-25-26(23-20-17-14-11-8-5-2)28(32)30(36-31(34)35)29(33)27(25)24-21-18-15-12-9-6-3/h33H,4-24H2,1-3H3,(H,34,35). The Kier molecular flexibility index (Phi) is 18.7. The molecule has 0 atom stereocenters. The fourth-order valence-electron chi connectivity index (χ4n) is 5.09.